The predicted octanol–water partition coefficient (Wildman–Crippen LogP) is 2.98. The summed E-state index contributed by atoms with van der Waals surface area (Å²) in [6.45, 7) is 2.98. The van der Waals surface area contributed by atoms with E-state index in [1.165, 1.54) is 23.1 Å². The molecule has 1 saturated heterocycles. The predicted molar refractivity (Wildman–Crippen MR) is 99.2 cm³/mol. The monoisotopic (exact) mass is 399 g/mol. The highest BCUT2D eigenvalue weighted by Crippen LogP contribution is 2.21. The highest BCUT2D eigenvalue weighted by atomic mass is 19.4. The molecule has 1 aromatic carbocycles. The van der Waals surface area contributed by atoms with E-state index in [-0.39, 0.29) is 12.5 Å². The smallest absolute Gasteiger partial charge is 0.352 e. The molecule has 0 aromatic heterocycles. The van der Waals surface area contributed by atoms with Crippen LogP contribution in [-0.4, -0.2) is 61.7 Å². The van der Waals surface area contributed by atoms with Crippen LogP contribution in [0.15, 0.2) is 23.2 Å². The van der Waals surface area contributed by atoms with Gasteiger partial charge < -0.3 is 10.2 Å². The Bertz CT molecular complexity index is 726. The Hall–Kier alpha value is -2.34. The number of likely N-dealkylation sites (tertiary alicyclic amines) is 1. The Morgan fingerprint density at radius 1 is 1.43 bits per heavy atom. The minimum atomic E-state index is -4.20. The van der Waals surface area contributed by atoms with Crippen LogP contribution in [0.2, 0.25) is 0 Å². The zero-order valence-electron chi connectivity index (χ0n) is 16.1. The van der Waals surface area contributed by atoms with Crippen molar-refractivity contribution in [3.63, 3.8) is 0 Å². The molecule has 1 aromatic rings. The summed E-state index contributed by atoms with van der Waals surface area (Å²) in [6, 6.07) is 6.13. The van der Waals surface area contributed by atoms with Crippen molar-refractivity contribution in [2.75, 3.05) is 39.8 Å². The Labute approximate surface area is 162 Å². The fourth-order valence-electron chi connectivity index (χ4n) is 3.38. The summed E-state index contributed by atoms with van der Waals surface area (Å²) in [7, 11) is 1.61. The van der Waals surface area contributed by atoms with Gasteiger partial charge in [0.05, 0.1) is 18.2 Å². The van der Waals surface area contributed by atoms with Crippen molar-refractivity contribution in [2.45, 2.75) is 26.1 Å². The molecule has 0 radical (unpaired) electrons. The van der Waals surface area contributed by atoms with Crippen LogP contribution in [0.5, 0.6) is 0 Å². The molecule has 1 N–H and O–H groups in total. The van der Waals surface area contributed by atoms with Crippen molar-refractivity contribution in [2.24, 2.45) is 10.9 Å². The lowest BCUT2D eigenvalue weighted by Crippen LogP contribution is -2.41. The number of nitrogens with one attached hydrogen (secondary N) is 1. The third-order valence-electron chi connectivity index (χ3n) is 4.78. The zero-order valence-corrected chi connectivity index (χ0v) is 16.1. The first-order chi connectivity index (χ1) is 13.3. The topological polar surface area (TPSA) is 54.7 Å². The summed E-state index contributed by atoms with van der Waals surface area (Å²) in [6.07, 6.45) is -3.43. The molecule has 1 aliphatic rings. The van der Waals surface area contributed by atoms with Gasteiger partial charge in [0.15, 0.2) is 5.96 Å². The average Bonchev–Trinajstić information content (AvgIpc) is 3.10. The molecule has 1 fully saturated rings. The van der Waals surface area contributed by atoms with Crippen molar-refractivity contribution in [1.82, 2.24) is 15.1 Å². The maximum Gasteiger partial charge on any atom is 0.401 e. The van der Waals surface area contributed by atoms with Gasteiger partial charge in [-0.2, -0.15) is 18.4 Å². The van der Waals surface area contributed by atoms with Gasteiger partial charge in [0.2, 0.25) is 0 Å². The molecule has 154 valence electrons. The second-order valence-corrected chi connectivity index (χ2v) is 6.86. The number of nitriles is 1. The molecule has 1 unspecified atom stereocenters. The maximum atomic E-state index is 13.9. The van der Waals surface area contributed by atoms with Crippen LogP contribution in [0.4, 0.5) is 17.6 Å². The normalized spacial score (nSPS) is 17.9. The standard InChI is InChI=1S/C19H25F4N5/c1-3-27(13-19(21,22)23)11-15-6-7-28(12-15)18(25-2)26-10-16-8-14(9-24)4-5-17(16)20/h4-5,8,15H,3,6-7,10-13H2,1-2H3,(H,25,26). The maximum absolute atomic E-state index is 13.9. The highest BCUT2D eigenvalue weighted by Gasteiger charge is 2.33. The van der Waals surface area contributed by atoms with Crippen LogP contribution >= 0.6 is 0 Å². The van der Waals surface area contributed by atoms with Crippen LogP contribution < -0.4 is 5.32 Å². The summed E-state index contributed by atoms with van der Waals surface area (Å²) < 4.78 is 51.8. The molecule has 0 bridgehead atoms. The summed E-state index contributed by atoms with van der Waals surface area (Å²) in [4.78, 5) is 7.58. The molecule has 1 heterocycles. The molecular formula is C19H25F4N5. The molecule has 0 spiro atoms. The van der Waals surface area contributed by atoms with Crippen molar-refractivity contribution >= 4 is 5.96 Å². The Balaban J connectivity index is 1.91. The SMILES string of the molecule is CCN(CC1CCN(C(=NC)NCc2cc(C#N)ccc2F)C1)CC(F)(F)F. The summed E-state index contributed by atoms with van der Waals surface area (Å²) >= 11 is 0. The van der Waals surface area contributed by atoms with Gasteiger partial charge in [0.1, 0.15) is 5.82 Å². The number of nitrogens with zero attached hydrogens (tertiary/aromatic N) is 4. The van der Waals surface area contributed by atoms with E-state index in [9.17, 15) is 17.6 Å². The van der Waals surface area contributed by atoms with Crippen LogP contribution in [0, 0.1) is 23.1 Å². The Morgan fingerprint density at radius 3 is 2.79 bits per heavy atom. The van der Waals surface area contributed by atoms with Gasteiger partial charge in [0, 0.05) is 38.8 Å². The Morgan fingerprint density at radius 2 is 2.18 bits per heavy atom. The fourth-order valence-corrected chi connectivity index (χ4v) is 3.38. The summed E-state index contributed by atoms with van der Waals surface area (Å²) in [5.74, 6) is 0.273. The fraction of sp³-hybridized carbons (Fsp3) is 0.579. The van der Waals surface area contributed by atoms with Gasteiger partial charge in [-0.3, -0.25) is 9.89 Å². The van der Waals surface area contributed by atoms with E-state index in [4.69, 9.17) is 5.26 Å². The van der Waals surface area contributed by atoms with Crippen molar-refractivity contribution in [3.05, 3.63) is 35.1 Å². The number of aliphatic imine (C=N–C) groups is 1. The average molecular weight is 399 g/mol. The number of hydrogen-bond acceptors (Lipinski definition) is 3. The molecule has 1 atom stereocenters. The molecule has 0 aliphatic carbocycles. The minimum absolute atomic E-state index is 0.111. The van der Waals surface area contributed by atoms with E-state index in [1.807, 2.05) is 11.0 Å². The largest absolute Gasteiger partial charge is 0.401 e. The van der Waals surface area contributed by atoms with E-state index in [0.29, 0.717) is 43.3 Å². The van der Waals surface area contributed by atoms with Crippen molar-refractivity contribution < 1.29 is 17.6 Å². The molecule has 9 heteroatoms. The first-order valence-corrected chi connectivity index (χ1v) is 9.19. The van der Waals surface area contributed by atoms with Gasteiger partial charge in [-0.1, -0.05) is 6.92 Å². The molecular weight excluding hydrogens is 374 g/mol. The van der Waals surface area contributed by atoms with E-state index in [1.54, 1.807) is 14.0 Å². The van der Waals surface area contributed by atoms with Crippen LogP contribution in [0.1, 0.15) is 24.5 Å². The van der Waals surface area contributed by atoms with Gasteiger partial charge in [-0.25, -0.2) is 4.39 Å². The van der Waals surface area contributed by atoms with Crippen LogP contribution in [0.3, 0.4) is 0 Å². The second kappa shape index (κ2) is 9.73. The van der Waals surface area contributed by atoms with Crippen LogP contribution in [0.25, 0.3) is 0 Å². The first kappa shape index (κ1) is 22.0. The Kier molecular flexibility index (Phi) is 7.63. The number of benzene rings is 1. The van der Waals surface area contributed by atoms with Gasteiger partial charge in [0.25, 0.3) is 0 Å². The highest BCUT2D eigenvalue weighted by molar-refractivity contribution is 5.80. The van der Waals surface area contributed by atoms with E-state index >= 15 is 0 Å². The van der Waals surface area contributed by atoms with E-state index < -0.39 is 18.5 Å². The van der Waals surface area contributed by atoms with Gasteiger partial charge >= 0.3 is 6.18 Å². The number of hydrogen-bond donors (Lipinski definition) is 1. The van der Waals surface area contributed by atoms with Crippen LogP contribution in [-0.2, 0) is 6.54 Å². The van der Waals surface area contributed by atoms with E-state index in [2.05, 4.69) is 10.3 Å². The van der Waals surface area contributed by atoms with Gasteiger partial charge in [-0.15, -0.1) is 0 Å². The zero-order chi connectivity index (χ0) is 20.7. The molecule has 2 rings (SSSR count). The van der Waals surface area contributed by atoms with E-state index in [0.717, 1.165) is 6.42 Å². The third kappa shape index (κ3) is 6.37. The first-order valence-electron chi connectivity index (χ1n) is 9.19. The lowest BCUT2D eigenvalue weighted by atomic mass is 10.1. The molecule has 28 heavy (non-hydrogen) atoms. The summed E-state index contributed by atoms with van der Waals surface area (Å²) in [5, 5.41) is 12.0. The molecule has 1 aliphatic heterocycles. The molecule has 0 saturated carbocycles. The molecule has 5 nitrogen and oxygen atoms in total. The third-order valence-corrected chi connectivity index (χ3v) is 4.78. The number of rotatable bonds is 6. The number of alkyl halides is 3. The minimum Gasteiger partial charge on any atom is -0.352 e. The van der Waals surface area contributed by atoms with Gasteiger partial charge in [-0.05, 0) is 37.1 Å². The second-order valence-electron chi connectivity index (χ2n) is 6.86. The number of halogens is 4. The lowest BCUT2D eigenvalue weighted by Gasteiger charge is -2.26. The number of guanidine groups is 1. The van der Waals surface area contributed by atoms with Crippen molar-refractivity contribution in [1.29, 1.82) is 5.26 Å². The molecule has 0 amide bonds. The van der Waals surface area contributed by atoms with Crippen molar-refractivity contribution in [3.8, 4) is 6.07 Å². The summed E-state index contributed by atoms with van der Waals surface area (Å²) in [5.41, 5.74) is 0.733. The quantitative estimate of drug-likeness (QED) is 0.454. The lowest BCUT2D eigenvalue weighted by molar-refractivity contribution is -0.146.